The van der Waals surface area contributed by atoms with Crippen LogP contribution in [0.4, 0.5) is 0 Å². The summed E-state index contributed by atoms with van der Waals surface area (Å²) < 4.78 is 29.6. The number of rotatable bonds is 6. The van der Waals surface area contributed by atoms with Gasteiger partial charge in [-0.2, -0.15) is 4.31 Å². The quantitative estimate of drug-likeness (QED) is 0.799. The molecular weight excluding hydrogens is 300 g/mol. The maximum atomic E-state index is 11.4. The summed E-state index contributed by atoms with van der Waals surface area (Å²) in [5.74, 6) is 0.860. The minimum atomic E-state index is -3.04. The van der Waals surface area contributed by atoms with Crippen molar-refractivity contribution in [2.24, 2.45) is 0 Å². The maximum absolute atomic E-state index is 11.4. The summed E-state index contributed by atoms with van der Waals surface area (Å²) in [6.07, 6.45) is 6.47. The number of hydrogen-bond acceptors (Lipinski definition) is 4. The van der Waals surface area contributed by atoms with Gasteiger partial charge in [0.25, 0.3) is 0 Å². The largest absolute Gasteiger partial charge is 0.497 e. The van der Waals surface area contributed by atoms with Gasteiger partial charge in [0.2, 0.25) is 10.0 Å². The van der Waals surface area contributed by atoms with Gasteiger partial charge in [-0.25, -0.2) is 8.42 Å². The number of hydrogen-bond donors (Lipinski definition) is 0. The molecule has 0 aromatic heterocycles. The average Bonchev–Trinajstić information content (AvgIpc) is 2.51. The van der Waals surface area contributed by atoms with Crippen LogP contribution in [0, 0.1) is 0 Å². The highest BCUT2D eigenvalue weighted by molar-refractivity contribution is 7.88. The van der Waals surface area contributed by atoms with Gasteiger partial charge >= 0.3 is 0 Å². The molecular formula is C16H24N2O3S. The molecule has 1 heterocycles. The molecule has 1 fully saturated rings. The monoisotopic (exact) mass is 324 g/mol. The van der Waals surface area contributed by atoms with Gasteiger partial charge in [-0.3, -0.25) is 0 Å². The Bertz CT molecular complexity index is 606. The molecule has 0 atom stereocenters. The van der Waals surface area contributed by atoms with Crippen molar-refractivity contribution < 1.29 is 13.2 Å². The zero-order chi connectivity index (χ0) is 16.0. The third-order valence-electron chi connectivity index (χ3n) is 3.82. The maximum Gasteiger partial charge on any atom is 0.211 e. The average molecular weight is 324 g/mol. The Labute approximate surface area is 133 Å². The van der Waals surface area contributed by atoms with Crippen LogP contribution < -0.4 is 4.74 Å². The highest BCUT2D eigenvalue weighted by Gasteiger charge is 2.22. The van der Waals surface area contributed by atoms with Crippen molar-refractivity contribution in [2.45, 2.75) is 6.42 Å². The number of ether oxygens (including phenoxy) is 1. The molecule has 0 amide bonds. The molecule has 0 aliphatic carbocycles. The van der Waals surface area contributed by atoms with Gasteiger partial charge in [0, 0.05) is 32.7 Å². The van der Waals surface area contributed by atoms with Crippen LogP contribution in [0.2, 0.25) is 0 Å². The summed E-state index contributed by atoms with van der Waals surface area (Å²) in [5.41, 5.74) is 1.13. The minimum Gasteiger partial charge on any atom is -0.497 e. The lowest BCUT2D eigenvalue weighted by molar-refractivity contribution is 0.192. The van der Waals surface area contributed by atoms with Gasteiger partial charge in [0.15, 0.2) is 0 Å². The first-order chi connectivity index (χ1) is 10.5. The van der Waals surface area contributed by atoms with Crippen LogP contribution in [0.1, 0.15) is 12.0 Å². The SMILES string of the molecule is COc1cccc(/C=C/CCN2CCN(S(C)(=O)=O)CC2)c1. The van der Waals surface area contributed by atoms with E-state index in [9.17, 15) is 8.42 Å². The fraction of sp³-hybridized carbons (Fsp3) is 0.500. The van der Waals surface area contributed by atoms with E-state index in [-0.39, 0.29) is 0 Å². The second-order valence-corrected chi connectivity index (χ2v) is 7.45. The van der Waals surface area contributed by atoms with E-state index in [0.717, 1.165) is 37.4 Å². The molecule has 1 aliphatic rings. The van der Waals surface area contributed by atoms with Crippen molar-refractivity contribution in [1.29, 1.82) is 0 Å². The molecule has 0 unspecified atom stereocenters. The van der Waals surface area contributed by atoms with Crippen molar-refractivity contribution >= 4 is 16.1 Å². The van der Waals surface area contributed by atoms with Crippen LogP contribution in [0.25, 0.3) is 6.08 Å². The molecule has 1 saturated heterocycles. The van der Waals surface area contributed by atoms with Gasteiger partial charge < -0.3 is 9.64 Å². The van der Waals surface area contributed by atoms with Crippen molar-refractivity contribution in [2.75, 3.05) is 46.1 Å². The summed E-state index contributed by atoms with van der Waals surface area (Å²) >= 11 is 0. The highest BCUT2D eigenvalue weighted by atomic mass is 32.2. The third-order valence-corrected chi connectivity index (χ3v) is 5.12. The van der Waals surface area contributed by atoms with E-state index >= 15 is 0 Å². The van der Waals surface area contributed by atoms with Crippen LogP contribution in [0.3, 0.4) is 0 Å². The van der Waals surface area contributed by atoms with Crippen molar-refractivity contribution in [3.05, 3.63) is 35.9 Å². The first-order valence-corrected chi connectivity index (χ1v) is 9.32. The van der Waals surface area contributed by atoms with Gasteiger partial charge in [0.1, 0.15) is 5.75 Å². The predicted octanol–water partition coefficient (Wildman–Crippen LogP) is 1.68. The molecule has 0 N–H and O–H groups in total. The molecule has 0 saturated carbocycles. The Morgan fingerprint density at radius 2 is 1.95 bits per heavy atom. The van der Waals surface area contributed by atoms with Crippen LogP contribution in [0.15, 0.2) is 30.3 Å². The summed E-state index contributed by atoms with van der Waals surface area (Å²) in [5, 5.41) is 0. The molecule has 5 nitrogen and oxygen atoms in total. The van der Waals surface area contributed by atoms with E-state index < -0.39 is 10.0 Å². The second kappa shape index (κ2) is 7.76. The lowest BCUT2D eigenvalue weighted by Crippen LogP contribution is -2.48. The lowest BCUT2D eigenvalue weighted by atomic mass is 10.2. The Hall–Kier alpha value is -1.37. The Balaban J connectivity index is 1.74. The van der Waals surface area contributed by atoms with Crippen LogP contribution in [-0.2, 0) is 10.0 Å². The number of nitrogens with zero attached hydrogens (tertiary/aromatic N) is 2. The molecule has 0 spiro atoms. The summed E-state index contributed by atoms with van der Waals surface area (Å²) in [7, 11) is -1.37. The third kappa shape index (κ3) is 5.12. The molecule has 22 heavy (non-hydrogen) atoms. The van der Waals surface area contributed by atoms with Crippen molar-refractivity contribution in [3.8, 4) is 5.75 Å². The summed E-state index contributed by atoms with van der Waals surface area (Å²) in [6, 6.07) is 7.95. The smallest absolute Gasteiger partial charge is 0.211 e. The Morgan fingerprint density at radius 3 is 2.59 bits per heavy atom. The molecule has 0 bridgehead atoms. The Kier molecular flexibility index (Phi) is 5.99. The van der Waals surface area contributed by atoms with Crippen molar-refractivity contribution in [1.82, 2.24) is 9.21 Å². The summed E-state index contributed by atoms with van der Waals surface area (Å²) in [6.45, 7) is 3.76. The number of piperazine rings is 1. The fourth-order valence-electron chi connectivity index (χ4n) is 2.51. The normalized spacial score (nSPS) is 17.9. The molecule has 1 aromatic rings. The fourth-order valence-corrected chi connectivity index (χ4v) is 3.33. The number of sulfonamides is 1. The van der Waals surface area contributed by atoms with Crippen LogP contribution in [-0.4, -0.2) is 63.7 Å². The van der Waals surface area contributed by atoms with E-state index in [1.807, 2.05) is 24.3 Å². The molecule has 6 heteroatoms. The van der Waals surface area contributed by atoms with Crippen LogP contribution >= 0.6 is 0 Å². The van der Waals surface area contributed by atoms with E-state index in [0.29, 0.717) is 13.1 Å². The first-order valence-electron chi connectivity index (χ1n) is 7.47. The van der Waals surface area contributed by atoms with Gasteiger partial charge in [0.05, 0.1) is 13.4 Å². The van der Waals surface area contributed by atoms with Gasteiger partial charge in [-0.1, -0.05) is 24.3 Å². The standard InChI is InChI=1S/C16H24N2O3S/c1-21-16-8-5-7-15(14-16)6-3-4-9-17-10-12-18(13-11-17)22(2,19)20/h3,5-8,14H,4,9-13H2,1-2H3/b6-3+. The van der Waals surface area contributed by atoms with Gasteiger partial charge in [-0.05, 0) is 24.1 Å². The van der Waals surface area contributed by atoms with E-state index in [1.54, 1.807) is 11.4 Å². The first kappa shape index (κ1) is 17.0. The topological polar surface area (TPSA) is 49.9 Å². The van der Waals surface area contributed by atoms with Crippen LogP contribution in [0.5, 0.6) is 5.75 Å². The molecule has 1 aromatic carbocycles. The second-order valence-electron chi connectivity index (χ2n) is 5.47. The predicted molar refractivity (Wildman–Crippen MR) is 89.5 cm³/mol. The van der Waals surface area contributed by atoms with E-state index in [2.05, 4.69) is 17.1 Å². The van der Waals surface area contributed by atoms with Gasteiger partial charge in [-0.15, -0.1) is 0 Å². The highest BCUT2D eigenvalue weighted by Crippen LogP contribution is 2.14. The van der Waals surface area contributed by atoms with E-state index in [4.69, 9.17) is 4.74 Å². The molecule has 0 radical (unpaired) electrons. The van der Waals surface area contributed by atoms with Crippen molar-refractivity contribution in [3.63, 3.8) is 0 Å². The number of methoxy groups -OCH3 is 1. The molecule has 1 aliphatic heterocycles. The zero-order valence-corrected chi connectivity index (χ0v) is 14.1. The minimum absolute atomic E-state index is 0.596. The zero-order valence-electron chi connectivity index (χ0n) is 13.2. The summed E-state index contributed by atoms with van der Waals surface area (Å²) in [4.78, 5) is 2.30. The van der Waals surface area contributed by atoms with E-state index in [1.165, 1.54) is 6.26 Å². The lowest BCUT2D eigenvalue weighted by Gasteiger charge is -2.32. The Morgan fingerprint density at radius 1 is 1.23 bits per heavy atom. The number of benzene rings is 1. The molecule has 2 rings (SSSR count). The molecule has 122 valence electrons.